The minimum Gasteiger partial charge on any atom is -0.337 e. The number of likely N-dealkylation sites (tertiary alicyclic amines) is 1. The molecule has 0 spiro atoms. The molecule has 0 aromatic carbocycles. The van der Waals surface area contributed by atoms with Crippen molar-refractivity contribution in [2.45, 2.75) is 18.8 Å². The fraction of sp³-hybridized carbons (Fsp3) is 0.208. The zero-order chi connectivity index (χ0) is 21.0. The Balaban J connectivity index is 1.53. The van der Waals surface area contributed by atoms with Gasteiger partial charge in [0, 0.05) is 61.1 Å². The van der Waals surface area contributed by atoms with Crippen molar-refractivity contribution in [2.75, 3.05) is 13.1 Å². The quantitative estimate of drug-likeness (QED) is 0.473. The molecule has 1 unspecified atom stereocenters. The van der Waals surface area contributed by atoms with Gasteiger partial charge in [-0.1, -0.05) is 6.07 Å². The van der Waals surface area contributed by atoms with Gasteiger partial charge >= 0.3 is 0 Å². The second-order valence-corrected chi connectivity index (χ2v) is 8.48. The highest BCUT2D eigenvalue weighted by atomic mass is 32.1. The van der Waals surface area contributed by atoms with Crippen LogP contribution in [0.3, 0.4) is 0 Å². The summed E-state index contributed by atoms with van der Waals surface area (Å²) in [4.78, 5) is 33.6. The molecule has 5 heterocycles. The van der Waals surface area contributed by atoms with Crippen LogP contribution in [0.25, 0.3) is 22.5 Å². The molecule has 0 bridgehead atoms. The number of amides is 1. The van der Waals surface area contributed by atoms with E-state index in [4.69, 9.17) is 4.98 Å². The van der Waals surface area contributed by atoms with Crippen LogP contribution >= 0.6 is 11.3 Å². The Kier molecular flexibility index (Phi) is 5.50. The van der Waals surface area contributed by atoms with Crippen molar-refractivity contribution in [1.29, 1.82) is 0 Å². The lowest BCUT2D eigenvalue weighted by atomic mass is 9.90. The summed E-state index contributed by atoms with van der Waals surface area (Å²) in [7, 11) is 0. The van der Waals surface area contributed by atoms with E-state index in [0.717, 1.165) is 46.6 Å². The van der Waals surface area contributed by atoms with E-state index in [-0.39, 0.29) is 11.8 Å². The molecule has 4 aromatic heterocycles. The molecule has 5 rings (SSSR count). The second-order valence-electron chi connectivity index (χ2n) is 7.53. The van der Waals surface area contributed by atoms with E-state index >= 15 is 0 Å². The zero-order valence-electron chi connectivity index (χ0n) is 16.9. The summed E-state index contributed by atoms with van der Waals surface area (Å²) in [6, 6.07) is 11.6. The smallest absolute Gasteiger partial charge is 0.263 e. The number of rotatable bonds is 4. The number of pyridine rings is 2. The third kappa shape index (κ3) is 4.09. The van der Waals surface area contributed by atoms with Crippen molar-refractivity contribution in [3.8, 4) is 22.5 Å². The number of thiophene rings is 1. The third-order valence-electron chi connectivity index (χ3n) is 5.58. The molecule has 1 saturated heterocycles. The highest BCUT2D eigenvalue weighted by Gasteiger charge is 2.29. The first-order chi connectivity index (χ1) is 15.3. The summed E-state index contributed by atoms with van der Waals surface area (Å²) in [6.45, 7) is 1.43. The molecule has 0 saturated carbocycles. The Morgan fingerprint density at radius 2 is 1.74 bits per heavy atom. The topological polar surface area (TPSA) is 71.9 Å². The SMILES string of the molecule is O=C(c1cccs1)N1CCCC(c2nc(-c3ccncc3)ncc2-c2ccncc2)C1. The van der Waals surface area contributed by atoms with E-state index in [1.807, 2.05) is 52.9 Å². The van der Waals surface area contributed by atoms with E-state index in [1.54, 1.807) is 24.8 Å². The molecule has 1 amide bonds. The van der Waals surface area contributed by atoms with E-state index in [1.165, 1.54) is 11.3 Å². The van der Waals surface area contributed by atoms with Gasteiger partial charge in [0.1, 0.15) is 0 Å². The molecule has 6 nitrogen and oxygen atoms in total. The van der Waals surface area contributed by atoms with Gasteiger partial charge in [-0.05, 0) is 54.1 Å². The molecule has 1 atom stereocenters. The van der Waals surface area contributed by atoms with Crippen LogP contribution in [0.15, 0.2) is 72.8 Å². The van der Waals surface area contributed by atoms with Gasteiger partial charge in [-0.3, -0.25) is 14.8 Å². The van der Waals surface area contributed by atoms with Gasteiger partial charge in [-0.15, -0.1) is 11.3 Å². The van der Waals surface area contributed by atoms with Crippen LogP contribution in [0.1, 0.15) is 34.1 Å². The van der Waals surface area contributed by atoms with Gasteiger partial charge < -0.3 is 4.90 Å². The predicted molar refractivity (Wildman–Crippen MR) is 121 cm³/mol. The number of carbonyl (C=O) groups excluding carboxylic acids is 1. The number of hydrogen-bond donors (Lipinski definition) is 0. The summed E-state index contributed by atoms with van der Waals surface area (Å²) in [5.74, 6) is 0.926. The Morgan fingerprint density at radius 1 is 1.00 bits per heavy atom. The van der Waals surface area contributed by atoms with Crippen molar-refractivity contribution in [1.82, 2.24) is 24.8 Å². The molecule has 4 aromatic rings. The van der Waals surface area contributed by atoms with E-state index in [9.17, 15) is 4.79 Å². The first-order valence-electron chi connectivity index (χ1n) is 10.3. The van der Waals surface area contributed by atoms with Crippen molar-refractivity contribution >= 4 is 17.2 Å². The monoisotopic (exact) mass is 427 g/mol. The Morgan fingerprint density at radius 3 is 2.45 bits per heavy atom. The van der Waals surface area contributed by atoms with Crippen LogP contribution in [0, 0.1) is 0 Å². The molecule has 0 radical (unpaired) electrons. The molecular weight excluding hydrogens is 406 g/mol. The Hall–Kier alpha value is -3.45. The Bertz CT molecular complexity index is 1170. The minimum absolute atomic E-state index is 0.105. The number of carbonyl (C=O) groups is 1. The van der Waals surface area contributed by atoms with Crippen molar-refractivity contribution in [2.24, 2.45) is 0 Å². The van der Waals surface area contributed by atoms with E-state index in [0.29, 0.717) is 12.4 Å². The van der Waals surface area contributed by atoms with Gasteiger partial charge in [-0.2, -0.15) is 0 Å². The lowest BCUT2D eigenvalue weighted by Gasteiger charge is -2.33. The average Bonchev–Trinajstić information content (AvgIpc) is 3.39. The molecule has 1 aliphatic heterocycles. The second kappa shape index (κ2) is 8.73. The lowest BCUT2D eigenvalue weighted by Crippen LogP contribution is -2.39. The first-order valence-corrected chi connectivity index (χ1v) is 11.2. The molecule has 154 valence electrons. The summed E-state index contributed by atoms with van der Waals surface area (Å²) < 4.78 is 0. The molecule has 0 N–H and O–H groups in total. The van der Waals surface area contributed by atoms with Gasteiger partial charge in [0.05, 0.1) is 10.6 Å². The highest BCUT2D eigenvalue weighted by molar-refractivity contribution is 7.12. The fourth-order valence-corrected chi connectivity index (χ4v) is 4.73. The van der Waals surface area contributed by atoms with Crippen LogP contribution in [-0.2, 0) is 0 Å². The Labute approximate surface area is 184 Å². The maximum Gasteiger partial charge on any atom is 0.263 e. The van der Waals surface area contributed by atoms with Gasteiger partial charge in [0.2, 0.25) is 0 Å². The van der Waals surface area contributed by atoms with E-state index in [2.05, 4.69) is 15.0 Å². The minimum atomic E-state index is 0.105. The maximum absolute atomic E-state index is 13.0. The maximum atomic E-state index is 13.0. The molecule has 0 aliphatic carbocycles. The largest absolute Gasteiger partial charge is 0.337 e. The van der Waals surface area contributed by atoms with Crippen molar-refractivity contribution < 1.29 is 4.79 Å². The van der Waals surface area contributed by atoms with Gasteiger partial charge in [0.25, 0.3) is 5.91 Å². The number of nitrogens with zero attached hydrogens (tertiary/aromatic N) is 5. The normalized spacial score (nSPS) is 16.3. The van der Waals surface area contributed by atoms with Gasteiger partial charge in [0.15, 0.2) is 5.82 Å². The third-order valence-corrected chi connectivity index (χ3v) is 6.43. The van der Waals surface area contributed by atoms with Crippen LogP contribution in [0.5, 0.6) is 0 Å². The number of piperidine rings is 1. The molecule has 7 heteroatoms. The summed E-state index contributed by atoms with van der Waals surface area (Å²) in [5, 5.41) is 1.95. The van der Waals surface area contributed by atoms with Gasteiger partial charge in [-0.25, -0.2) is 9.97 Å². The van der Waals surface area contributed by atoms with Crippen LogP contribution in [0.2, 0.25) is 0 Å². The zero-order valence-corrected chi connectivity index (χ0v) is 17.7. The molecule has 1 fully saturated rings. The molecular formula is C24H21N5OS. The molecule has 1 aliphatic rings. The van der Waals surface area contributed by atoms with Crippen molar-refractivity contribution in [3.63, 3.8) is 0 Å². The number of hydrogen-bond acceptors (Lipinski definition) is 6. The lowest BCUT2D eigenvalue weighted by molar-refractivity contribution is 0.0711. The summed E-state index contributed by atoms with van der Waals surface area (Å²) in [6.07, 6.45) is 10.9. The van der Waals surface area contributed by atoms with Crippen LogP contribution in [-0.4, -0.2) is 43.8 Å². The van der Waals surface area contributed by atoms with E-state index < -0.39 is 0 Å². The highest BCUT2D eigenvalue weighted by Crippen LogP contribution is 2.34. The number of aromatic nitrogens is 4. The summed E-state index contributed by atoms with van der Waals surface area (Å²) >= 11 is 1.49. The average molecular weight is 428 g/mol. The summed E-state index contributed by atoms with van der Waals surface area (Å²) in [5.41, 5.74) is 3.94. The molecule has 31 heavy (non-hydrogen) atoms. The van der Waals surface area contributed by atoms with Crippen LogP contribution < -0.4 is 0 Å². The fourth-order valence-electron chi connectivity index (χ4n) is 4.04. The van der Waals surface area contributed by atoms with Crippen molar-refractivity contribution in [3.05, 3.63) is 83.3 Å². The van der Waals surface area contributed by atoms with Crippen LogP contribution in [0.4, 0.5) is 0 Å². The first kappa shape index (κ1) is 19.5. The standard InChI is InChI=1S/C24H21N5OS/c30-24(21-4-2-14-31-21)29-13-1-3-19(16-29)22-20(17-5-9-25-10-6-17)15-27-23(28-22)18-7-11-26-12-8-18/h2,4-12,14-15,19H,1,3,13,16H2. The predicted octanol–water partition coefficient (Wildman–Crippen LogP) is 4.68.